The molecule has 1 aliphatic rings. The number of benzene rings is 1. The third kappa shape index (κ3) is 7.42. The van der Waals surface area contributed by atoms with Crippen LogP contribution in [0.3, 0.4) is 0 Å². The Morgan fingerprint density at radius 3 is 2.28 bits per heavy atom. The van der Waals surface area contributed by atoms with Crippen LogP contribution in [0.25, 0.3) is 0 Å². The van der Waals surface area contributed by atoms with Crippen LogP contribution in [0.4, 0.5) is 0 Å². The van der Waals surface area contributed by atoms with Gasteiger partial charge in [0.1, 0.15) is 5.75 Å². The maximum Gasteiger partial charge on any atom is 0.191 e. The highest BCUT2D eigenvalue weighted by atomic mass is 28.4. The van der Waals surface area contributed by atoms with E-state index in [-0.39, 0.29) is 35.5 Å². The monoisotopic (exact) mass is 522 g/mol. The van der Waals surface area contributed by atoms with Gasteiger partial charge in [0.05, 0.1) is 44.7 Å². The lowest BCUT2D eigenvalue weighted by atomic mass is 9.75. The second-order valence-corrected chi connectivity index (χ2v) is 17.0. The van der Waals surface area contributed by atoms with E-state index in [4.69, 9.17) is 18.6 Å². The maximum atomic E-state index is 11.3. The fourth-order valence-corrected chi connectivity index (χ4v) is 5.63. The topological polar surface area (TPSA) is 80.7 Å². The largest absolute Gasteiger partial charge is 0.497 e. The molecule has 0 aliphatic carbocycles. The van der Waals surface area contributed by atoms with E-state index in [1.165, 1.54) is 0 Å². The molecule has 1 saturated heterocycles. The summed E-state index contributed by atoms with van der Waals surface area (Å²) in [5, 5.41) is 21.2. The number of aliphatic hydroxyl groups is 2. The molecule has 0 saturated carbocycles. The summed E-state index contributed by atoms with van der Waals surface area (Å²) in [5.74, 6) is 0.434. The Morgan fingerprint density at radius 1 is 1.17 bits per heavy atom. The number of hydrogen-bond donors (Lipinski definition) is 2. The molecular formula is C29H50O6Si. The van der Waals surface area contributed by atoms with Crippen molar-refractivity contribution in [1.82, 2.24) is 0 Å². The molecule has 206 valence electrons. The molecule has 36 heavy (non-hydrogen) atoms. The van der Waals surface area contributed by atoms with Crippen molar-refractivity contribution in [3.05, 3.63) is 42.5 Å². The minimum absolute atomic E-state index is 0.0142. The Labute approximate surface area is 220 Å². The minimum atomic E-state index is -2.02. The molecule has 1 aromatic rings. The number of hydrogen-bond acceptors (Lipinski definition) is 6. The highest BCUT2D eigenvalue weighted by molar-refractivity contribution is 6.74. The van der Waals surface area contributed by atoms with Gasteiger partial charge in [-0.25, -0.2) is 0 Å². The summed E-state index contributed by atoms with van der Waals surface area (Å²) in [4.78, 5) is 0. The lowest BCUT2D eigenvalue weighted by molar-refractivity contribution is -0.0174. The molecule has 0 unspecified atom stereocenters. The van der Waals surface area contributed by atoms with Crippen molar-refractivity contribution >= 4 is 8.32 Å². The first-order valence-electron chi connectivity index (χ1n) is 13.2. The van der Waals surface area contributed by atoms with Gasteiger partial charge in [0.2, 0.25) is 0 Å². The van der Waals surface area contributed by atoms with Crippen molar-refractivity contribution < 1.29 is 28.8 Å². The summed E-state index contributed by atoms with van der Waals surface area (Å²) in [5.41, 5.74) is 0.702. The van der Waals surface area contributed by atoms with E-state index in [2.05, 4.69) is 61.2 Å². The van der Waals surface area contributed by atoms with Crippen LogP contribution < -0.4 is 4.74 Å². The molecule has 1 aromatic carbocycles. The molecule has 7 heteroatoms. The zero-order valence-electron chi connectivity index (χ0n) is 23.9. The third-order valence-corrected chi connectivity index (χ3v) is 13.1. The summed E-state index contributed by atoms with van der Waals surface area (Å²) in [6, 6.07) is 7.89. The minimum Gasteiger partial charge on any atom is -0.497 e. The van der Waals surface area contributed by atoms with Crippen molar-refractivity contribution in [3.8, 4) is 5.75 Å². The van der Waals surface area contributed by atoms with Crippen molar-refractivity contribution in [2.24, 2.45) is 23.7 Å². The Morgan fingerprint density at radius 2 is 1.78 bits per heavy atom. The molecule has 7 atom stereocenters. The van der Waals surface area contributed by atoms with Crippen LogP contribution in [-0.4, -0.2) is 63.3 Å². The van der Waals surface area contributed by atoms with Gasteiger partial charge in [-0.2, -0.15) is 0 Å². The van der Waals surface area contributed by atoms with Gasteiger partial charge in [-0.3, -0.25) is 0 Å². The van der Waals surface area contributed by atoms with E-state index >= 15 is 0 Å². The van der Waals surface area contributed by atoms with Crippen LogP contribution in [0.1, 0.15) is 47.1 Å². The van der Waals surface area contributed by atoms with Crippen molar-refractivity contribution in [3.63, 3.8) is 0 Å². The molecule has 2 rings (SSSR count). The van der Waals surface area contributed by atoms with Gasteiger partial charge >= 0.3 is 0 Å². The fourth-order valence-electron chi connectivity index (χ4n) is 4.58. The smallest absolute Gasteiger partial charge is 0.191 e. The van der Waals surface area contributed by atoms with E-state index in [1.54, 1.807) is 13.2 Å². The van der Waals surface area contributed by atoms with Crippen LogP contribution in [0, 0.1) is 23.7 Å². The molecule has 0 radical (unpaired) electrons. The molecule has 1 aliphatic heterocycles. The van der Waals surface area contributed by atoms with Crippen LogP contribution >= 0.6 is 0 Å². The zero-order chi connectivity index (χ0) is 27.3. The summed E-state index contributed by atoms with van der Waals surface area (Å²) >= 11 is 0. The predicted octanol–water partition coefficient (Wildman–Crippen LogP) is 5.43. The molecule has 0 aromatic heterocycles. The first-order valence-corrected chi connectivity index (χ1v) is 16.1. The van der Waals surface area contributed by atoms with Gasteiger partial charge in [0, 0.05) is 24.4 Å². The van der Waals surface area contributed by atoms with Crippen molar-refractivity contribution in [2.75, 3.05) is 26.9 Å². The Hall–Kier alpha value is -1.22. The van der Waals surface area contributed by atoms with E-state index < -0.39 is 25.9 Å². The number of aliphatic hydroxyl groups excluding tert-OH is 2. The number of ether oxygens (including phenoxy) is 3. The van der Waals surface area contributed by atoms with Crippen LogP contribution in [0.15, 0.2) is 36.9 Å². The second-order valence-electron chi connectivity index (χ2n) is 12.2. The lowest BCUT2D eigenvalue weighted by Crippen LogP contribution is -2.47. The highest BCUT2D eigenvalue weighted by Gasteiger charge is 2.60. The molecule has 2 N–H and O–H groups in total. The van der Waals surface area contributed by atoms with Crippen molar-refractivity contribution in [1.29, 1.82) is 0 Å². The molecule has 1 heterocycles. The standard InChI is InChI=1S/C29H50O6Si/c1-11-23(16-30)26(31)25(19-34-36(9,10)28(4,5)6)21(3)29(7)27(35-29)20(2)17-33-18-22-12-14-24(32-8)15-13-22/h11-15,20-21,23,25-27,30-31H,1,16-19H2,2-10H3/t20-,21-,23-,25+,26+,27+,29-/m0/s1. The van der Waals surface area contributed by atoms with Gasteiger partial charge < -0.3 is 28.8 Å². The number of methoxy groups -OCH3 is 1. The van der Waals surface area contributed by atoms with E-state index in [0.29, 0.717) is 19.8 Å². The molecule has 0 amide bonds. The Bertz CT molecular complexity index is 820. The average molecular weight is 523 g/mol. The van der Waals surface area contributed by atoms with Gasteiger partial charge in [0.15, 0.2) is 8.32 Å². The first-order chi connectivity index (χ1) is 16.7. The van der Waals surface area contributed by atoms with Gasteiger partial charge in [-0.1, -0.05) is 52.8 Å². The number of epoxide rings is 1. The molecule has 1 fully saturated rings. The summed E-state index contributed by atoms with van der Waals surface area (Å²) in [6.07, 6.45) is 0.901. The van der Waals surface area contributed by atoms with Gasteiger partial charge in [-0.15, -0.1) is 6.58 Å². The van der Waals surface area contributed by atoms with Gasteiger partial charge in [-0.05, 0) is 48.7 Å². The van der Waals surface area contributed by atoms with Crippen LogP contribution in [0.2, 0.25) is 18.1 Å². The Kier molecular flexibility index (Phi) is 10.8. The van der Waals surface area contributed by atoms with E-state index in [1.807, 2.05) is 24.3 Å². The first kappa shape index (κ1) is 31.0. The summed E-state index contributed by atoms with van der Waals surface area (Å²) in [7, 11) is -0.358. The summed E-state index contributed by atoms with van der Waals surface area (Å²) < 4.78 is 24.1. The van der Waals surface area contributed by atoms with E-state index in [0.717, 1.165) is 11.3 Å². The quantitative estimate of drug-likeness (QED) is 0.181. The number of rotatable bonds is 15. The van der Waals surface area contributed by atoms with Gasteiger partial charge in [0.25, 0.3) is 0 Å². The third-order valence-electron chi connectivity index (χ3n) is 8.59. The van der Waals surface area contributed by atoms with Crippen LogP contribution in [0.5, 0.6) is 5.75 Å². The lowest BCUT2D eigenvalue weighted by Gasteiger charge is -2.40. The van der Waals surface area contributed by atoms with Crippen molar-refractivity contribution in [2.45, 2.75) is 84.1 Å². The summed E-state index contributed by atoms with van der Waals surface area (Å²) in [6.45, 7) is 22.7. The second kappa shape index (κ2) is 12.5. The fraction of sp³-hybridized carbons (Fsp3) is 0.724. The van der Waals surface area contributed by atoms with E-state index in [9.17, 15) is 10.2 Å². The zero-order valence-corrected chi connectivity index (χ0v) is 24.9. The highest BCUT2D eigenvalue weighted by Crippen LogP contribution is 2.50. The van der Waals surface area contributed by atoms with Crippen LogP contribution in [-0.2, 0) is 20.5 Å². The molecular weight excluding hydrogens is 472 g/mol. The Balaban J connectivity index is 2.04. The predicted molar refractivity (Wildman–Crippen MR) is 148 cm³/mol. The molecule has 0 spiro atoms. The maximum absolute atomic E-state index is 11.3. The molecule has 0 bridgehead atoms. The SMILES string of the molecule is C=C[C@@H](CO)[C@@H](O)[C@H](CO[Si](C)(C)C(C)(C)C)[C@H](C)[C@]1(C)O[C@@H]1[C@@H](C)COCc1ccc(OC)cc1. The average Bonchev–Trinajstić information content (AvgIpc) is 3.52. The normalized spacial score (nSPS) is 24.5. The molecule has 6 nitrogen and oxygen atoms in total.